The van der Waals surface area contributed by atoms with Gasteiger partial charge >= 0.3 is 0 Å². The van der Waals surface area contributed by atoms with Crippen LogP contribution >= 0.6 is 0 Å². The molecule has 2 atom stereocenters. The van der Waals surface area contributed by atoms with Crippen molar-refractivity contribution < 1.29 is 0 Å². The molecule has 0 radical (unpaired) electrons. The minimum atomic E-state index is 0.235. The van der Waals surface area contributed by atoms with Gasteiger partial charge in [-0.3, -0.25) is 9.80 Å². The number of hydrogen-bond donors (Lipinski definition) is 1. The van der Waals surface area contributed by atoms with Crippen LogP contribution in [0.4, 0.5) is 0 Å². The van der Waals surface area contributed by atoms with E-state index < -0.39 is 0 Å². The van der Waals surface area contributed by atoms with Crippen LogP contribution < -0.4 is 5.73 Å². The molecule has 1 aliphatic rings. The van der Waals surface area contributed by atoms with Crippen molar-refractivity contribution >= 4 is 0 Å². The van der Waals surface area contributed by atoms with Crippen molar-refractivity contribution in [3.63, 3.8) is 0 Å². The maximum Gasteiger partial charge on any atom is 0.0369 e. The predicted molar refractivity (Wildman–Crippen MR) is 71.8 cm³/mol. The second-order valence-corrected chi connectivity index (χ2v) is 5.13. The number of hydrogen-bond acceptors (Lipinski definition) is 3. The van der Waals surface area contributed by atoms with Gasteiger partial charge in [0, 0.05) is 38.3 Å². The van der Waals surface area contributed by atoms with E-state index in [9.17, 15) is 0 Å². The fraction of sp³-hybridized carbons (Fsp3) is 0.571. The Balaban J connectivity index is 1.95. The molecule has 2 N–H and O–H groups in total. The van der Waals surface area contributed by atoms with E-state index in [1.807, 2.05) is 0 Å². The van der Waals surface area contributed by atoms with Crippen LogP contribution in [-0.2, 0) is 6.54 Å². The van der Waals surface area contributed by atoms with E-state index in [-0.39, 0.29) is 6.04 Å². The van der Waals surface area contributed by atoms with E-state index in [1.54, 1.807) is 0 Å². The lowest BCUT2D eigenvalue weighted by atomic mass is 10.1. The fourth-order valence-electron chi connectivity index (χ4n) is 2.51. The number of likely N-dealkylation sites (N-methyl/N-ethyl adjacent to an activating group) is 1. The smallest absolute Gasteiger partial charge is 0.0369 e. The zero-order chi connectivity index (χ0) is 12.3. The molecule has 1 unspecified atom stereocenters. The van der Waals surface area contributed by atoms with Crippen LogP contribution in [0, 0.1) is 0 Å². The van der Waals surface area contributed by atoms with Crippen molar-refractivity contribution in [1.82, 2.24) is 9.80 Å². The van der Waals surface area contributed by atoms with Gasteiger partial charge in [0.05, 0.1) is 0 Å². The molecule has 0 bridgehead atoms. The maximum atomic E-state index is 6.04. The van der Waals surface area contributed by atoms with Gasteiger partial charge in [-0.15, -0.1) is 0 Å². The molecule has 3 nitrogen and oxygen atoms in total. The van der Waals surface area contributed by atoms with E-state index in [1.165, 1.54) is 5.56 Å². The van der Waals surface area contributed by atoms with Gasteiger partial charge in [0.25, 0.3) is 0 Å². The highest BCUT2D eigenvalue weighted by atomic mass is 15.3. The van der Waals surface area contributed by atoms with Crippen LogP contribution in [0.5, 0.6) is 0 Å². The molecule has 0 spiro atoms. The summed E-state index contributed by atoms with van der Waals surface area (Å²) in [6.07, 6.45) is 0. The van der Waals surface area contributed by atoms with Gasteiger partial charge in [-0.1, -0.05) is 30.3 Å². The van der Waals surface area contributed by atoms with E-state index in [4.69, 9.17) is 5.73 Å². The summed E-state index contributed by atoms with van der Waals surface area (Å²) in [5, 5.41) is 0. The molecule has 1 aliphatic heterocycles. The fourth-order valence-corrected chi connectivity index (χ4v) is 2.51. The van der Waals surface area contributed by atoms with Crippen LogP contribution in [0.15, 0.2) is 30.3 Å². The van der Waals surface area contributed by atoms with Crippen molar-refractivity contribution in [1.29, 1.82) is 0 Å². The minimum Gasteiger partial charge on any atom is -0.326 e. The van der Waals surface area contributed by atoms with Gasteiger partial charge in [-0.25, -0.2) is 0 Å². The highest BCUT2D eigenvalue weighted by Gasteiger charge is 2.26. The quantitative estimate of drug-likeness (QED) is 0.850. The van der Waals surface area contributed by atoms with Gasteiger partial charge in [0.2, 0.25) is 0 Å². The number of nitrogens with two attached hydrogens (primary N) is 1. The number of benzene rings is 1. The molecule has 1 heterocycles. The second-order valence-electron chi connectivity index (χ2n) is 5.13. The Kier molecular flexibility index (Phi) is 4.15. The van der Waals surface area contributed by atoms with Crippen LogP contribution in [0.3, 0.4) is 0 Å². The van der Waals surface area contributed by atoms with Gasteiger partial charge in [0.15, 0.2) is 0 Å². The minimum absolute atomic E-state index is 0.235. The molecule has 1 aromatic carbocycles. The first-order chi connectivity index (χ1) is 8.16. The molecule has 0 amide bonds. The van der Waals surface area contributed by atoms with Crippen molar-refractivity contribution in [2.45, 2.75) is 25.6 Å². The van der Waals surface area contributed by atoms with E-state index in [2.05, 4.69) is 54.1 Å². The zero-order valence-corrected chi connectivity index (χ0v) is 10.8. The van der Waals surface area contributed by atoms with E-state index >= 15 is 0 Å². The molecule has 17 heavy (non-hydrogen) atoms. The summed E-state index contributed by atoms with van der Waals surface area (Å²) in [4.78, 5) is 4.88. The molecule has 2 rings (SSSR count). The monoisotopic (exact) mass is 233 g/mol. The van der Waals surface area contributed by atoms with Crippen molar-refractivity contribution in [3.8, 4) is 0 Å². The van der Waals surface area contributed by atoms with Gasteiger partial charge in [0.1, 0.15) is 0 Å². The summed E-state index contributed by atoms with van der Waals surface area (Å²) in [6, 6.07) is 11.4. The standard InChI is InChI=1S/C14H23N3/c1-12(15)14-11-17(9-8-16(14)2)10-13-6-4-3-5-7-13/h3-7,12,14H,8-11,15H2,1-2H3/t12-,14?/m0/s1. The van der Waals surface area contributed by atoms with Crippen LogP contribution in [0.1, 0.15) is 12.5 Å². The largest absolute Gasteiger partial charge is 0.326 e. The second kappa shape index (κ2) is 5.63. The third-order valence-corrected chi connectivity index (χ3v) is 3.64. The molecule has 0 aromatic heterocycles. The number of nitrogens with zero attached hydrogens (tertiary/aromatic N) is 2. The van der Waals surface area contributed by atoms with Gasteiger partial charge in [-0.2, -0.15) is 0 Å². The molecule has 0 saturated carbocycles. The Morgan fingerprint density at radius 3 is 2.65 bits per heavy atom. The van der Waals surface area contributed by atoms with Gasteiger partial charge < -0.3 is 5.73 Å². The summed E-state index contributed by atoms with van der Waals surface area (Å²) in [7, 11) is 2.17. The number of rotatable bonds is 3. The molecule has 94 valence electrons. The van der Waals surface area contributed by atoms with Gasteiger partial charge in [-0.05, 0) is 19.5 Å². The predicted octanol–water partition coefficient (Wildman–Crippen LogP) is 1.15. The Bertz CT molecular complexity index is 337. The van der Waals surface area contributed by atoms with Crippen LogP contribution in [0.2, 0.25) is 0 Å². The Hall–Kier alpha value is -0.900. The SMILES string of the molecule is C[C@H](N)C1CN(Cc2ccccc2)CCN1C. The first kappa shape index (κ1) is 12.6. The highest BCUT2D eigenvalue weighted by molar-refractivity contribution is 5.14. The van der Waals surface area contributed by atoms with Crippen molar-refractivity contribution in [3.05, 3.63) is 35.9 Å². The molecule has 1 saturated heterocycles. The van der Waals surface area contributed by atoms with E-state index in [0.29, 0.717) is 6.04 Å². The molecule has 0 aliphatic carbocycles. The first-order valence-corrected chi connectivity index (χ1v) is 6.39. The summed E-state index contributed by atoms with van der Waals surface area (Å²) >= 11 is 0. The zero-order valence-electron chi connectivity index (χ0n) is 10.8. The summed E-state index contributed by atoms with van der Waals surface area (Å²) < 4.78 is 0. The van der Waals surface area contributed by atoms with E-state index in [0.717, 1.165) is 26.2 Å². The number of piperazine rings is 1. The normalized spacial score (nSPS) is 24.8. The average Bonchev–Trinajstić information content (AvgIpc) is 2.32. The summed E-state index contributed by atoms with van der Waals surface area (Å²) in [6.45, 7) is 6.46. The average molecular weight is 233 g/mol. The maximum absolute atomic E-state index is 6.04. The molecular weight excluding hydrogens is 210 g/mol. The Morgan fingerprint density at radius 2 is 2.00 bits per heavy atom. The lowest BCUT2D eigenvalue weighted by Crippen LogP contribution is -2.57. The van der Waals surface area contributed by atoms with Crippen molar-refractivity contribution in [2.75, 3.05) is 26.7 Å². The third-order valence-electron chi connectivity index (χ3n) is 3.64. The molecule has 1 aromatic rings. The topological polar surface area (TPSA) is 32.5 Å². The molecule has 3 heteroatoms. The molecular formula is C14H23N3. The van der Waals surface area contributed by atoms with Crippen LogP contribution in [0.25, 0.3) is 0 Å². The lowest BCUT2D eigenvalue weighted by Gasteiger charge is -2.41. The Labute approximate surface area is 104 Å². The summed E-state index contributed by atoms with van der Waals surface area (Å²) in [5.74, 6) is 0. The third kappa shape index (κ3) is 3.28. The highest BCUT2D eigenvalue weighted by Crippen LogP contribution is 2.13. The lowest BCUT2D eigenvalue weighted by molar-refractivity contribution is 0.0792. The molecule has 1 fully saturated rings. The first-order valence-electron chi connectivity index (χ1n) is 6.39. The van der Waals surface area contributed by atoms with Crippen molar-refractivity contribution in [2.24, 2.45) is 5.73 Å². The Morgan fingerprint density at radius 1 is 1.29 bits per heavy atom. The summed E-state index contributed by atoms with van der Waals surface area (Å²) in [5.41, 5.74) is 7.43. The van der Waals surface area contributed by atoms with Crippen LogP contribution in [-0.4, -0.2) is 48.6 Å².